The predicted octanol–water partition coefficient (Wildman–Crippen LogP) is 2.38. The first-order valence-electron chi connectivity index (χ1n) is 7.47. The Morgan fingerprint density at radius 1 is 1.24 bits per heavy atom. The number of likely N-dealkylation sites (tertiary alicyclic amines) is 1. The monoisotopic (exact) mass is 288 g/mol. The van der Waals surface area contributed by atoms with Crippen molar-refractivity contribution in [1.29, 1.82) is 0 Å². The van der Waals surface area contributed by atoms with Crippen LogP contribution >= 0.6 is 0 Å². The molecule has 2 aromatic rings. The van der Waals surface area contributed by atoms with Crippen molar-refractivity contribution in [2.24, 2.45) is 0 Å². The second-order valence-corrected chi connectivity index (χ2v) is 5.85. The van der Waals surface area contributed by atoms with Crippen LogP contribution in [0.4, 0.5) is 0 Å². The highest BCUT2D eigenvalue weighted by Crippen LogP contribution is 2.23. The van der Waals surface area contributed by atoms with Crippen molar-refractivity contribution in [3.05, 3.63) is 34.8 Å². The summed E-state index contributed by atoms with van der Waals surface area (Å²) in [6.07, 6.45) is 3.20. The molecular weight excluding hydrogens is 268 g/mol. The highest BCUT2D eigenvalue weighted by molar-refractivity contribution is 5.80. The maximum absolute atomic E-state index is 12.6. The third-order valence-electron chi connectivity index (χ3n) is 4.35. The minimum absolute atomic E-state index is 0.0108. The van der Waals surface area contributed by atoms with Crippen LogP contribution in [0, 0.1) is 0 Å². The lowest BCUT2D eigenvalue weighted by molar-refractivity contribution is -0.137. The average molecular weight is 288 g/mol. The number of rotatable bonds is 2. The van der Waals surface area contributed by atoms with Gasteiger partial charge in [-0.05, 0) is 45.2 Å². The summed E-state index contributed by atoms with van der Waals surface area (Å²) in [7, 11) is 0. The molecule has 21 heavy (non-hydrogen) atoms. The molecule has 0 N–H and O–H groups in total. The summed E-state index contributed by atoms with van der Waals surface area (Å²) in [5.74, 6) is -0.481. The maximum Gasteiger partial charge on any atom is 0.420 e. The number of fused-ring (bicyclic) bond motifs is 1. The minimum Gasteiger partial charge on any atom is -0.408 e. The molecule has 5 heteroatoms. The van der Waals surface area contributed by atoms with Crippen molar-refractivity contribution in [1.82, 2.24) is 9.47 Å². The summed E-state index contributed by atoms with van der Waals surface area (Å²) in [5, 5.41) is 0. The van der Waals surface area contributed by atoms with Gasteiger partial charge in [0.15, 0.2) is 5.58 Å². The lowest BCUT2D eigenvalue weighted by Crippen LogP contribution is -2.49. The molecule has 1 saturated heterocycles. The SMILES string of the molecule is C[C@@H]1CCC[C@H](C)N1C(=O)Cn1c(=O)oc2ccccc21. The van der Waals surface area contributed by atoms with E-state index in [1.165, 1.54) is 4.57 Å². The predicted molar refractivity (Wildman–Crippen MR) is 80.1 cm³/mol. The molecule has 0 saturated carbocycles. The first kappa shape index (κ1) is 13.9. The van der Waals surface area contributed by atoms with Crippen LogP contribution in [-0.2, 0) is 11.3 Å². The van der Waals surface area contributed by atoms with Gasteiger partial charge < -0.3 is 9.32 Å². The van der Waals surface area contributed by atoms with E-state index < -0.39 is 5.76 Å². The van der Waals surface area contributed by atoms with Gasteiger partial charge >= 0.3 is 5.76 Å². The van der Waals surface area contributed by atoms with Gasteiger partial charge in [0.2, 0.25) is 5.91 Å². The number of hydrogen-bond acceptors (Lipinski definition) is 3. The van der Waals surface area contributed by atoms with Crippen LogP contribution in [0.25, 0.3) is 11.1 Å². The molecule has 1 aromatic carbocycles. The number of hydrogen-bond donors (Lipinski definition) is 0. The topological polar surface area (TPSA) is 55.5 Å². The zero-order chi connectivity index (χ0) is 15.0. The van der Waals surface area contributed by atoms with Crippen molar-refractivity contribution in [3.63, 3.8) is 0 Å². The molecule has 112 valence electrons. The number of oxazole rings is 1. The average Bonchev–Trinajstić information content (AvgIpc) is 2.75. The summed E-state index contributed by atoms with van der Waals surface area (Å²) >= 11 is 0. The third kappa shape index (κ3) is 2.48. The van der Waals surface area contributed by atoms with E-state index in [0.717, 1.165) is 19.3 Å². The Labute approximate surface area is 123 Å². The molecule has 0 radical (unpaired) electrons. The molecule has 0 aliphatic carbocycles. The lowest BCUT2D eigenvalue weighted by atomic mass is 9.97. The summed E-state index contributed by atoms with van der Waals surface area (Å²) in [6.45, 7) is 4.19. The van der Waals surface area contributed by atoms with Crippen molar-refractivity contribution < 1.29 is 9.21 Å². The van der Waals surface area contributed by atoms with Gasteiger partial charge in [0.1, 0.15) is 6.54 Å². The van der Waals surface area contributed by atoms with Crippen LogP contribution < -0.4 is 5.76 Å². The van der Waals surface area contributed by atoms with E-state index in [2.05, 4.69) is 13.8 Å². The summed E-state index contributed by atoms with van der Waals surface area (Å²) in [6, 6.07) is 7.65. The number of carbonyl (C=O) groups excluding carboxylic acids is 1. The number of nitrogens with zero attached hydrogens (tertiary/aromatic N) is 2. The molecule has 3 rings (SSSR count). The highest BCUT2D eigenvalue weighted by Gasteiger charge is 2.29. The van der Waals surface area contributed by atoms with Gasteiger partial charge in [-0.25, -0.2) is 4.79 Å². The van der Waals surface area contributed by atoms with Crippen molar-refractivity contribution in [2.45, 2.75) is 51.7 Å². The van der Waals surface area contributed by atoms with E-state index >= 15 is 0 Å². The van der Waals surface area contributed by atoms with Gasteiger partial charge in [0, 0.05) is 12.1 Å². The molecule has 0 spiro atoms. The molecule has 1 aliphatic heterocycles. The second-order valence-electron chi connectivity index (χ2n) is 5.85. The molecule has 1 fully saturated rings. The van der Waals surface area contributed by atoms with E-state index in [0.29, 0.717) is 11.1 Å². The Bertz CT molecular complexity index is 706. The molecule has 2 heterocycles. The molecule has 1 aromatic heterocycles. The first-order valence-corrected chi connectivity index (χ1v) is 7.47. The zero-order valence-corrected chi connectivity index (χ0v) is 12.4. The van der Waals surface area contributed by atoms with E-state index in [9.17, 15) is 9.59 Å². The van der Waals surface area contributed by atoms with Crippen molar-refractivity contribution in [2.75, 3.05) is 0 Å². The Balaban J connectivity index is 1.89. The van der Waals surface area contributed by atoms with E-state index in [1.807, 2.05) is 17.0 Å². The molecule has 1 aliphatic rings. The third-order valence-corrected chi connectivity index (χ3v) is 4.35. The van der Waals surface area contributed by atoms with Gasteiger partial charge in [-0.15, -0.1) is 0 Å². The molecule has 2 atom stereocenters. The highest BCUT2D eigenvalue weighted by atomic mass is 16.4. The van der Waals surface area contributed by atoms with Crippen LogP contribution in [-0.4, -0.2) is 27.5 Å². The van der Waals surface area contributed by atoms with Crippen LogP contribution in [0.5, 0.6) is 0 Å². The number of aromatic nitrogens is 1. The van der Waals surface area contributed by atoms with Crippen LogP contribution in [0.3, 0.4) is 0 Å². The maximum atomic E-state index is 12.6. The lowest BCUT2D eigenvalue weighted by Gasteiger charge is -2.39. The number of para-hydroxylation sites is 2. The number of piperidine rings is 1. The number of carbonyl (C=O) groups is 1. The fraction of sp³-hybridized carbons (Fsp3) is 0.500. The molecular formula is C16H20N2O3. The van der Waals surface area contributed by atoms with E-state index in [1.54, 1.807) is 12.1 Å². The van der Waals surface area contributed by atoms with Gasteiger partial charge in [-0.3, -0.25) is 9.36 Å². The van der Waals surface area contributed by atoms with Crippen molar-refractivity contribution >= 4 is 17.0 Å². The molecule has 5 nitrogen and oxygen atoms in total. The Morgan fingerprint density at radius 2 is 1.90 bits per heavy atom. The number of amides is 1. The van der Waals surface area contributed by atoms with E-state index in [-0.39, 0.29) is 24.5 Å². The van der Waals surface area contributed by atoms with E-state index in [4.69, 9.17) is 4.42 Å². The fourth-order valence-corrected chi connectivity index (χ4v) is 3.29. The van der Waals surface area contributed by atoms with Crippen LogP contribution in [0.15, 0.2) is 33.5 Å². The Kier molecular flexibility index (Phi) is 3.57. The Morgan fingerprint density at radius 3 is 2.62 bits per heavy atom. The molecule has 0 bridgehead atoms. The van der Waals surface area contributed by atoms with Crippen LogP contribution in [0.1, 0.15) is 33.1 Å². The molecule has 0 unspecified atom stereocenters. The minimum atomic E-state index is -0.470. The summed E-state index contributed by atoms with van der Waals surface area (Å²) < 4.78 is 6.60. The van der Waals surface area contributed by atoms with Crippen molar-refractivity contribution in [3.8, 4) is 0 Å². The zero-order valence-electron chi connectivity index (χ0n) is 12.4. The largest absolute Gasteiger partial charge is 0.420 e. The normalized spacial score (nSPS) is 22.7. The van der Waals surface area contributed by atoms with Gasteiger partial charge in [-0.1, -0.05) is 12.1 Å². The smallest absolute Gasteiger partial charge is 0.408 e. The second kappa shape index (κ2) is 5.39. The quantitative estimate of drug-likeness (QED) is 0.852. The van der Waals surface area contributed by atoms with Crippen LogP contribution in [0.2, 0.25) is 0 Å². The summed E-state index contributed by atoms with van der Waals surface area (Å²) in [4.78, 5) is 26.5. The fourth-order valence-electron chi connectivity index (χ4n) is 3.29. The van der Waals surface area contributed by atoms with Gasteiger partial charge in [0.25, 0.3) is 0 Å². The Hall–Kier alpha value is -2.04. The first-order chi connectivity index (χ1) is 10.1. The van der Waals surface area contributed by atoms with Gasteiger partial charge in [-0.2, -0.15) is 0 Å². The number of benzene rings is 1. The summed E-state index contributed by atoms with van der Waals surface area (Å²) in [5.41, 5.74) is 1.20. The standard InChI is InChI=1S/C16H20N2O3/c1-11-6-5-7-12(2)18(11)15(19)10-17-13-8-3-4-9-14(13)21-16(17)20/h3-4,8-9,11-12H,5-7,10H2,1-2H3/t11-,12+. The molecule has 1 amide bonds. The van der Waals surface area contributed by atoms with Gasteiger partial charge in [0.05, 0.1) is 5.52 Å².